The minimum atomic E-state index is -4.49. The van der Waals surface area contributed by atoms with Gasteiger partial charge in [-0.05, 0) is 56.9 Å². The molecule has 3 heterocycles. The number of pyridine rings is 2. The van der Waals surface area contributed by atoms with Crippen LogP contribution in [0.2, 0.25) is 0 Å². The lowest BCUT2D eigenvalue weighted by atomic mass is 10.1. The van der Waals surface area contributed by atoms with Crippen molar-refractivity contribution in [2.24, 2.45) is 0 Å². The topological polar surface area (TPSA) is 96.5 Å². The van der Waals surface area contributed by atoms with E-state index in [1.54, 1.807) is 26.0 Å². The molecule has 1 unspecified atom stereocenters. The molecule has 1 atom stereocenters. The minimum Gasteiger partial charge on any atom is -0.468 e. The number of nitrogens with zero attached hydrogens (tertiary/aromatic N) is 3. The van der Waals surface area contributed by atoms with E-state index in [1.807, 2.05) is 4.90 Å². The number of hydrogen-bond donors (Lipinski definition) is 2. The van der Waals surface area contributed by atoms with Crippen LogP contribution in [0.1, 0.15) is 60.8 Å². The van der Waals surface area contributed by atoms with E-state index in [1.165, 1.54) is 19.1 Å². The number of rotatable bonds is 7. The van der Waals surface area contributed by atoms with Crippen molar-refractivity contribution in [3.8, 4) is 5.88 Å². The lowest BCUT2D eigenvalue weighted by molar-refractivity contribution is -0.154. The summed E-state index contributed by atoms with van der Waals surface area (Å²) in [5, 5.41) is 5.54. The van der Waals surface area contributed by atoms with Gasteiger partial charge >= 0.3 is 6.18 Å². The molecule has 1 fully saturated rings. The largest absolute Gasteiger partial charge is 0.468 e. The number of aryl methyl sites for hydroxylation is 1. The van der Waals surface area contributed by atoms with Crippen LogP contribution in [0.25, 0.3) is 0 Å². The number of amides is 2. The SMILES string of the molecule is CC(=O)Nc1cc(C(C)NC(=O)c2ccc(OCC(F)(F)F)nc2N2CCCCC2)cc(C)n1. The van der Waals surface area contributed by atoms with E-state index >= 15 is 0 Å². The standard InChI is InChI=1S/C23H28F3N5O3/c1-14-11-17(12-19(27-14)29-16(3)32)15(2)28-22(33)18-7-8-20(34-13-23(24,25)26)30-21(18)31-9-5-4-6-10-31/h7-8,11-12,15H,4-6,9-10,13H2,1-3H3,(H,28,33)(H,27,29,32). The van der Waals surface area contributed by atoms with Gasteiger partial charge in [0.05, 0.1) is 11.6 Å². The van der Waals surface area contributed by atoms with Crippen molar-refractivity contribution in [3.05, 3.63) is 41.1 Å². The number of carbonyl (C=O) groups is 2. The first kappa shape index (κ1) is 25.3. The smallest absolute Gasteiger partial charge is 0.422 e. The lowest BCUT2D eigenvalue weighted by Crippen LogP contribution is -2.34. The molecule has 0 bridgehead atoms. The van der Waals surface area contributed by atoms with Gasteiger partial charge in [-0.1, -0.05) is 0 Å². The zero-order valence-corrected chi connectivity index (χ0v) is 19.3. The summed E-state index contributed by atoms with van der Waals surface area (Å²) < 4.78 is 42.6. The number of ether oxygens (including phenoxy) is 1. The Morgan fingerprint density at radius 2 is 1.85 bits per heavy atom. The molecular weight excluding hydrogens is 451 g/mol. The Morgan fingerprint density at radius 3 is 2.50 bits per heavy atom. The van der Waals surface area contributed by atoms with Gasteiger partial charge in [0.1, 0.15) is 11.6 Å². The Balaban J connectivity index is 1.83. The van der Waals surface area contributed by atoms with Crippen molar-refractivity contribution in [2.45, 2.75) is 52.3 Å². The van der Waals surface area contributed by atoms with Gasteiger partial charge in [0.25, 0.3) is 5.91 Å². The summed E-state index contributed by atoms with van der Waals surface area (Å²) in [6, 6.07) is 5.75. The molecule has 0 aromatic carbocycles. The molecule has 8 nitrogen and oxygen atoms in total. The highest BCUT2D eigenvalue weighted by atomic mass is 19.4. The van der Waals surface area contributed by atoms with Gasteiger partial charge in [0, 0.05) is 31.8 Å². The molecule has 0 spiro atoms. The zero-order chi connectivity index (χ0) is 24.9. The van der Waals surface area contributed by atoms with Gasteiger partial charge < -0.3 is 20.3 Å². The number of alkyl halides is 3. The first-order valence-corrected chi connectivity index (χ1v) is 11.0. The number of anilines is 2. The van der Waals surface area contributed by atoms with Crippen LogP contribution in [-0.4, -0.2) is 47.7 Å². The van der Waals surface area contributed by atoms with Crippen LogP contribution < -0.4 is 20.3 Å². The van der Waals surface area contributed by atoms with Gasteiger partial charge in [-0.2, -0.15) is 18.2 Å². The first-order chi connectivity index (χ1) is 16.0. The molecule has 2 N–H and O–H groups in total. The van der Waals surface area contributed by atoms with Crippen LogP contribution in [0.15, 0.2) is 24.3 Å². The van der Waals surface area contributed by atoms with Gasteiger partial charge in [-0.25, -0.2) is 4.98 Å². The summed E-state index contributed by atoms with van der Waals surface area (Å²) in [6.45, 7) is 4.79. The second kappa shape index (κ2) is 10.7. The fourth-order valence-electron chi connectivity index (χ4n) is 3.74. The van der Waals surface area contributed by atoms with Crippen molar-refractivity contribution >= 4 is 23.5 Å². The Labute approximate surface area is 195 Å². The Hall–Kier alpha value is -3.37. The summed E-state index contributed by atoms with van der Waals surface area (Å²) in [4.78, 5) is 35.0. The quantitative estimate of drug-likeness (QED) is 0.619. The molecule has 2 aromatic heterocycles. The fourth-order valence-corrected chi connectivity index (χ4v) is 3.74. The van der Waals surface area contributed by atoms with Crippen molar-refractivity contribution in [3.63, 3.8) is 0 Å². The third-order valence-corrected chi connectivity index (χ3v) is 5.26. The highest BCUT2D eigenvalue weighted by Crippen LogP contribution is 2.27. The van der Waals surface area contributed by atoms with Gasteiger partial charge in [0.15, 0.2) is 6.61 Å². The third kappa shape index (κ3) is 7.06. The van der Waals surface area contributed by atoms with E-state index in [9.17, 15) is 22.8 Å². The molecule has 3 rings (SSSR count). The summed E-state index contributed by atoms with van der Waals surface area (Å²) in [5.41, 5.74) is 1.66. The van der Waals surface area contributed by atoms with Crippen molar-refractivity contribution < 1.29 is 27.5 Å². The van der Waals surface area contributed by atoms with E-state index < -0.39 is 24.7 Å². The Kier molecular flexibility index (Phi) is 7.95. The monoisotopic (exact) mass is 479 g/mol. The molecule has 0 radical (unpaired) electrons. The van der Waals surface area contributed by atoms with Crippen LogP contribution in [0.3, 0.4) is 0 Å². The van der Waals surface area contributed by atoms with E-state index in [4.69, 9.17) is 4.74 Å². The number of carbonyl (C=O) groups excluding carboxylic acids is 2. The van der Waals surface area contributed by atoms with E-state index in [2.05, 4.69) is 20.6 Å². The lowest BCUT2D eigenvalue weighted by Gasteiger charge is -2.29. The molecule has 1 aliphatic heterocycles. The number of piperidine rings is 1. The molecule has 1 saturated heterocycles. The molecule has 1 aliphatic rings. The van der Waals surface area contributed by atoms with Crippen LogP contribution in [-0.2, 0) is 4.79 Å². The van der Waals surface area contributed by atoms with Crippen molar-refractivity contribution in [1.29, 1.82) is 0 Å². The predicted octanol–water partition coefficient (Wildman–Crippen LogP) is 4.17. The third-order valence-electron chi connectivity index (χ3n) is 5.26. The fraction of sp³-hybridized carbons (Fsp3) is 0.478. The minimum absolute atomic E-state index is 0.188. The van der Waals surface area contributed by atoms with E-state index in [-0.39, 0.29) is 17.4 Å². The molecule has 2 aromatic rings. The highest BCUT2D eigenvalue weighted by Gasteiger charge is 2.29. The van der Waals surface area contributed by atoms with Crippen LogP contribution in [0.4, 0.5) is 24.8 Å². The maximum Gasteiger partial charge on any atom is 0.422 e. The average Bonchev–Trinajstić information content (AvgIpc) is 2.76. The van der Waals surface area contributed by atoms with Crippen LogP contribution >= 0.6 is 0 Å². The summed E-state index contributed by atoms with van der Waals surface area (Å²) in [6.07, 6.45) is -1.65. The molecule has 0 aliphatic carbocycles. The molecule has 34 heavy (non-hydrogen) atoms. The number of aromatic nitrogens is 2. The van der Waals surface area contributed by atoms with Crippen molar-refractivity contribution in [2.75, 3.05) is 29.9 Å². The molecule has 184 valence electrons. The Bertz CT molecular complexity index is 1040. The highest BCUT2D eigenvalue weighted by molar-refractivity contribution is 5.99. The summed E-state index contributed by atoms with van der Waals surface area (Å²) in [7, 11) is 0. The van der Waals surface area contributed by atoms with E-state index in [0.29, 0.717) is 30.4 Å². The molecule has 2 amide bonds. The molecule has 11 heteroatoms. The number of hydrogen-bond acceptors (Lipinski definition) is 6. The number of halogens is 3. The van der Waals surface area contributed by atoms with Gasteiger partial charge in [0.2, 0.25) is 11.8 Å². The maximum atomic E-state index is 13.2. The van der Waals surface area contributed by atoms with Crippen LogP contribution in [0, 0.1) is 6.92 Å². The predicted molar refractivity (Wildman–Crippen MR) is 121 cm³/mol. The Morgan fingerprint density at radius 1 is 1.15 bits per heavy atom. The van der Waals surface area contributed by atoms with Gasteiger partial charge in [-0.3, -0.25) is 9.59 Å². The van der Waals surface area contributed by atoms with Crippen LogP contribution in [0.5, 0.6) is 5.88 Å². The normalized spacial score (nSPS) is 14.9. The maximum absolute atomic E-state index is 13.2. The van der Waals surface area contributed by atoms with E-state index in [0.717, 1.165) is 24.8 Å². The first-order valence-electron chi connectivity index (χ1n) is 11.0. The zero-order valence-electron chi connectivity index (χ0n) is 19.3. The molecule has 0 saturated carbocycles. The van der Waals surface area contributed by atoms with Gasteiger partial charge in [-0.15, -0.1) is 0 Å². The summed E-state index contributed by atoms with van der Waals surface area (Å²) in [5.74, 6) is -0.184. The second-order valence-corrected chi connectivity index (χ2v) is 8.28. The second-order valence-electron chi connectivity index (χ2n) is 8.28. The average molecular weight is 480 g/mol. The van der Waals surface area contributed by atoms with Crippen molar-refractivity contribution in [1.82, 2.24) is 15.3 Å². The summed E-state index contributed by atoms with van der Waals surface area (Å²) >= 11 is 0. The number of nitrogens with one attached hydrogen (secondary N) is 2. The molecular formula is C23H28F3N5O3.